The van der Waals surface area contributed by atoms with E-state index in [1.807, 2.05) is 54.3 Å². The van der Waals surface area contributed by atoms with E-state index in [1.165, 1.54) is 10.1 Å². The molecule has 0 unspecified atom stereocenters. The highest BCUT2D eigenvalue weighted by Gasteiger charge is 2.11. The van der Waals surface area contributed by atoms with E-state index in [-0.39, 0.29) is 5.56 Å². The molecule has 5 aromatic rings. The van der Waals surface area contributed by atoms with Crippen molar-refractivity contribution in [1.82, 2.24) is 29.4 Å². The van der Waals surface area contributed by atoms with E-state index in [9.17, 15) is 4.79 Å². The van der Waals surface area contributed by atoms with E-state index in [1.54, 1.807) is 6.07 Å². The van der Waals surface area contributed by atoms with Crippen molar-refractivity contribution in [3.05, 3.63) is 82.4 Å². The monoisotopic (exact) mass is 370 g/mol. The normalized spacial score (nSPS) is 11.5. The fourth-order valence-corrected chi connectivity index (χ4v) is 3.56. The number of fused-ring (bicyclic) bond motifs is 2. The number of hydrogen-bond donors (Lipinski definition) is 1. The highest BCUT2D eigenvalue weighted by molar-refractivity contribution is 5.81. The Hall–Kier alpha value is -3.74. The molecule has 28 heavy (non-hydrogen) atoms. The molecule has 7 nitrogen and oxygen atoms in total. The fourth-order valence-electron chi connectivity index (χ4n) is 3.56. The molecule has 0 aliphatic rings. The van der Waals surface area contributed by atoms with Crippen LogP contribution in [0.3, 0.4) is 0 Å². The van der Waals surface area contributed by atoms with Crippen molar-refractivity contribution >= 4 is 16.7 Å². The molecule has 0 atom stereocenters. The molecule has 0 bridgehead atoms. The number of H-pyrrole nitrogens is 1. The Morgan fingerprint density at radius 3 is 2.71 bits per heavy atom. The van der Waals surface area contributed by atoms with Crippen LogP contribution in [0.25, 0.3) is 28.1 Å². The molecule has 0 radical (unpaired) electrons. The van der Waals surface area contributed by atoms with E-state index < -0.39 is 0 Å². The van der Waals surface area contributed by atoms with Gasteiger partial charge in [-0.15, -0.1) is 0 Å². The molecule has 0 amide bonds. The van der Waals surface area contributed by atoms with Gasteiger partial charge in [0, 0.05) is 24.1 Å². The third-order valence-corrected chi connectivity index (χ3v) is 4.93. The first-order valence-electron chi connectivity index (χ1n) is 9.13. The van der Waals surface area contributed by atoms with Crippen molar-refractivity contribution in [2.45, 2.75) is 12.8 Å². The van der Waals surface area contributed by atoms with E-state index in [0.717, 1.165) is 28.6 Å². The average Bonchev–Trinajstić information content (AvgIpc) is 3.32. The van der Waals surface area contributed by atoms with Crippen LogP contribution >= 0.6 is 0 Å². The quantitative estimate of drug-likeness (QED) is 0.527. The molecule has 0 spiro atoms. The Bertz CT molecular complexity index is 1350. The lowest BCUT2D eigenvalue weighted by Crippen LogP contribution is -2.16. The Morgan fingerprint density at radius 1 is 1.00 bits per heavy atom. The number of nitrogens with one attached hydrogen (secondary N) is 1. The van der Waals surface area contributed by atoms with Crippen LogP contribution in [0, 0.1) is 0 Å². The molecular weight excluding hydrogens is 352 g/mol. The van der Waals surface area contributed by atoms with Crippen molar-refractivity contribution in [1.29, 1.82) is 0 Å². The minimum absolute atomic E-state index is 0.159. The molecule has 1 N–H and O–H groups in total. The Kier molecular flexibility index (Phi) is 3.79. The van der Waals surface area contributed by atoms with Gasteiger partial charge in [-0.25, -0.2) is 4.98 Å². The van der Waals surface area contributed by atoms with Gasteiger partial charge in [0.25, 0.3) is 11.3 Å². The summed E-state index contributed by atoms with van der Waals surface area (Å²) in [5.41, 5.74) is 3.79. The second-order valence-electron chi connectivity index (χ2n) is 6.78. The van der Waals surface area contributed by atoms with Gasteiger partial charge in [0.1, 0.15) is 0 Å². The standard InChI is InChI=1S/C21H18N6O/c1-26-19-14(8-5-9-16(19)13-22-26)10-11-17-12-18(28)27-21(23-17)24-20(25-27)15-6-3-2-4-7-15/h2-9,12-13H,10-11H2,1H3,(H,23,24,25). The summed E-state index contributed by atoms with van der Waals surface area (Å²) in [5.74, 6) is 1.02. The lowest BCUT2D eigenvalue weighted by Gasteiger charge is -2.05. The average molecular weight is 370 g/mol. The molecule has 0 aliphatic heterocycles. The highest BCUT2D eigenvalue weighted by Crippen LogP contribution is 2.19. The van der Waals surface area contributed by atoms with E-state index in [2.05, 4.69) is 32.3 Å². The Balaban J connectivity index is 1.48. The number of aromatic nitrogens is 6. The first-order valence-corrected chi connectivity index (χ1v) is 9.13. The second kappa shape index (κ2) is 6.45. The van der Waals surface area contributed by atoms with Gasteiger partial charge in [-0.3, -0.25) is 14.6 Å². The zero-order chi connectivity index (χ0) is 19.1. The minimum atomic E-state index is -0.159. The second-order valence-corrected chi connectivity index (χ2v) is 6.78. The van der Waals surface area contributed by atoms with Crippen molar-refractivity contribution in [2.75, 3.05) is 0 Å². The lowest BCUT2D eigenvalue weighted by atomic mass is 10.1. The van der Waals surface area contributed by atoms with Gasteiger partial charge in [0.15, 0.2) is 5.82 Å². The van der Waals surface area contributed by atoms with Crippen LogP contribution < -0.4 is 5.56 Å². The van der Waals surface area contributed by atoms with Crippen LogP contribution in [0.2, 0.25) is 0 Å². The summed E-state index contributed by atoms with van der Waals surface area (Å²) in [4.78, 5) is 21.6. The highest BCUT2D eigenvalue weighted by atomic mass is 16.1. The van der Waals surface area contributed by atoms with Crippen molar-refractivity contribution in [3.63, 3.8) is 0 Å². The lowest BCUT2D eigenvalue weighted by molar-refractivity contribution is 0.787. The molecule has 0 aliphatic carbocycles. The number of hydrogen-bond acceptors (Lipinski definition) is 4. The molecule has 3 heterocycles. The van der Waals surface area contributed by atoms with Crippen LogP contribution in [0.15, 0.2) is 65.6 Å². The summed E-state index contributed by atoms with van der Waals surface area (Å²) in [5, 5.41) is 8.47. The number of aryl methyl sites for hydroxylation is 3. The predicted molar refractivity (Wildman–Crippen MR) is 107 cm³/mol. The zero-order valence-corrected chi connectivity index (χ0v) is 15.3. The molecular formula is C21H18N6O. The van der Waals surface area contributed by atoms with Crippen LogP contribution in [0.1, 0.15) is 11.3 Å². The number of nitrogens with zero attached hydrogens (tertiary/aromatic N) is 5. The van der Waals surface area contributed by atoms with Gasteiger partial charge in [-0.05, 0) is 18.4 Å². The third-order valence-electron chi connectivity index (χ3n) is 4.93. The largest absolute Gasteiger partial charge is 0.274 e. The minimum Gasteiger partial charge on any atom is -0.271 e. The summed E-state index contributed by atoms with van der Waals surface area (Å²) >= 11 is 0. The van der Waals surface area contributed by atoms with Gasteiger partial charge < -0.3 is 0 Å². The first kappa shape index (κ1) is 16.4. The van der Waals surface area contributed by atoms with Crippen molar-refractivity contribution in [2.24, 2.45) is 7.05 Å². The molecule has 2 aromatic carbocycles. The summed E-state index contributed by atoms with van der Waals surface area (Å²) in [7, 11) is 1.94. The smallest absolute Gasteiger partial charge is 0.271 e. The summed E-state index contributed by atoms with van der Waals surface area (Å²) in [6.07, 6.45) is 3.30. The third kappa shape index (κ3) is 2.77. The molecule has 0 fully saturated rings. The number of para-hydroxylation sites is 1. The molecule has 138 valence electrons. The number of aromatic amines is 1. The molecule has 7 heteroatoms. The van der Waals surface area contributed by atoms with Crippen molar-refractivity contribution in [3.8, 4) is 11.4 Å². The van der Waals surface area contributed by atoms with Crippen LogP contribution in [0.5, 0.6) is 0 Å². The summed E-state index contributed by atoms with van der Waals surface area (Å²) < 4.78 is 3.27. The topological polar surface area (TPSA) is 80.9 Å². The van der Waals surface area contributed by atoms with Crippen LogP contribution in [-0.2, 0) is 19.9 Å². The first-order chi connectivity index (χ1) is 13.7. The van der Waals surface area contributed by atoms with Gasteiger partial charge in [-0.2, -0.15) is 14.6 Å². The molecule has 0 saturated heterocycles. The predicted octanol–water partition coefficient (Wildman–Crippen LogP) is 2.76. The van der Waals surface area contributed by atoms with Crippen LogP contribution in [0.4, 0.5) is 0 Å². The zero-order valence-electron chi connectivity index (χ0n) is 15.3. The van der Waals surface area contributed by atoms with Gasteiger partial charge in [0.2, 0.25) is 0 Å². The molecule has 0 saturated carbocycles. The Labute approximate surface area is 160 Å². The van der Waals surface area contributed by atoms with Gasteiger partial charge >= 0.3 is 0 Å². The van der Waals surface area contributed by atoms with Gasteiger partial charge in [0.05, 0.1) is 17.4 Å². The van der Waals surface area contributed by atoms with E-state index >= 15 is 0 Å². The van der Waals surface area contributed by atoms with Crippen LogP contribution in [-0.4, -0.2) is 29.4 Å². The SMILES string of the molecule is Cn1ncc2cccc(CCc3cc(=O)n4[nH]c(-c5ccccc5)nc4n3)c21. The van der Waals surface area contributed by atoms with E-state index in [4.69, 9.17) is 0 Å². The summed E-state index contributed by atoms with van der Waals surface area (Å²) in [6.45, 7) is 0. The fraction of sp³-hybridized carbons (Fsp3) is 0.143. The molecule has 5 rings (SSSR count). The van der Waals surface area contributed by atoms with Gasteiger partial charge in [-0.1, -0.05) is 48.5 Å². The van der Waals surface area contributed by atoms with E-state index in [0.29, 0.717) is 18.0 Å². The number of benzene rings is 2. The maximum absolute atomic E-state index is 12.5. The Morgan fingerprint density at radius 2 is 1.86 bits per heavy atom. The molecule has 3 aromatic heterocycles. The van der Waals surface area contributed by atoms with Crippen molar-refractivity contribution < 1.29 is 0 Å². The maximum atomic E-state index is 12.5. The number of rotatable bonds is 4. The maximum Gasteiger partial charge on any atom is 0.274 e. The summed E-state index contributed by atoms with van der Waals surface area (Å²) in [6, 6.07) is 17.4.